The Labute approximate surface area is 109 Å². The van der Waals surface area contributed by atoms with Crippen molar-refractivity contribution in [2.45, 2.75) is 18.8 Å². The van der Waals surface area contributed by atoms with Gasteiger partial charge in [-0.15, -0.1) is 0 Å². The Morgan fingerprint density at radius 1 is 1.33 bits per heavy atom. The number of rotatable bonds is 4. The molecule has 1 fully saturated rings. The number of nitrogens with zero attached hydrogens (tertiary/aromatic N) is 1. The minimum Gasteiger partial charge on any atom is -0.319 e. The molecule has 1 aliphatic rings. The van der Waals surface area contributed by atoms with Crippen LogP contribution in [-0.2, 0) is 0 Å². The minimum atomic E-state index is -0.0586. The molecule has 2 nitrogen and oxygen atoms in total. The first-order valence-corrected chi connectivity index (χ1v) is 6.80. The number of likely N-dealkylation sites (tertiary alicyclic amines) is 1. The van der Waals surface area contributed by atoms with Crippen molar-refractivity contribution in [2.24, 2.45) is 5.92 Å². The molecule has 1 atom stereocenters. The third-order valence-corrected chi connectivity index (χ3v) is 4.06. The lowest BCUT2D eigenvalue weighted by molar-refractivity contribution is 0.195. The van der Waals surface area contributed by atoms with Crippen LogP contribution in [-0.4, -0.2) is 38.6 Å². The first-order chi connectivity index (χ1) is 8.72. The standard InChI is InChI=1S/C15H23FN2/c1-17-11-14(12-7-9-18(2)10-8-12)13-5-3-4-6-15(13)16/h3-6,12,14,17H,7-11H2,1-2H3. The van der Waals surface area contributed by atoms with Crippen LogP contribution in [0.3, 0.4) is 0 Å². The Morgan fingerprint density at radius 2 is 2.00 bits per heavy atom. The number of hydrogen-bond donors (Lipinski definition) is 1. The SMILES string of the molecule is CNCC(c1ccccc1F)C1CCN(C)CC1. The summed E-state index contributed by atoms with van der Waals surface area (Å²) < 4.78 is 14.0. The van der Waals surface area contributed by atoms with Crippen molar-refractivity contribution >= 4 is 0 Å². The van der Waals surface area contributed by atoms with E-state index in [0.29, 0.717) is 11.8 Å². The van der Waals surface area contributed by atoms with E-state index in [0.717, 1.165) is 38.0 Å². The van der Waals surface area contributed by atoms with Gasteiger partial charge in [-0.3, -0.25) is 0 Å². The molecule has 1 N–H and O–H groups in total. The Hall–Kier alpha value is -0.930. The third kappa shape index (κ3) is 3.09. The van der Waals surface area contributed by atoms with Crippen molar-refractivity contribution in [1.29, 1.82) is 0 Å². The molecule has 100 valence electrons. The lowest BCUT2D eigenvalue weighted by atomic mass is 9.80. The number of piperidine rings is 1. The maximum absolute atomic E-state index is 14.0. The number of nitrogens with one attached hydrogen (secondary N) is 1. The number of halogens is 1. The molecule has 0 bridgehead atoms. The summed E-state index contributed by atoms with van der Waals surface area (Å²) in [7, 11) is 4.11. The van der Waals surface area contributed by atoms with E-state index in [-0.39, 0.29) is 5.82 Å². The van der Waals surface area contributed by atoms with Gasteiger partial charge in [-0.1, -0.05) is 18.2 Å². The van der Waals surface area contributed by atoms with Gasteiger partial charge in [-0.2, -0.15) is 0 Å². The summed E-state index contributed by atoms with van der Waals surface area (Å²) in [5.41, 5.74) is 0.876. The molecule has 0 saturated carbocycles. The van der Waals surface area contributed by atoms with Crippen LogP contribution < -0.4 is 5.32 Å². The third-order valence-electron chi connectivity index (χ3n) is 4.06. The van der Waals surface area contributed by atoms with E-state index in [1.165, 1.54) is 0 Å². The molecular weight excluding hydrogens is 227 g/mol. The monoisotopic (exact) mass is 250 g/mol. The van der Waals surface area contributed by atoms with E-state index in [4.69, 9.17) is 0 Å². The molecule has 0 spiro atoms. The fourth-order valence-electron chi connectivity index (χ4n) is 2.96. The van der Waals surface area contributed by atoms with E-state index in [1.54, 1.807) is 12.1 Å². The first-order valence-electron chi connectivity index (χ1n) is 6.80. The summed E-state index contributed by atoms with van der Waals surface area (Å²) >= 11 is 0. The summed E-state index contributed by atoms with van der Waals surface area (Å²) in [6.07, 6.45) is 2.33. The summed E-state index contributed by atoms with van der Waals surface area (Å²) in [6, 6.07) is 7.22. The van der Waals surface area contributed by atoms with E-state index in [1.807, 2.05) is 19.2 Å². The molecule has 1 aliphatic heterocycles. The van der Waals surface area contributed by atoms with Crippen LogP contribution in [0.15, 0.2) is 24.3 Å². The molecule has 0 aliphatic carbocycles. The maximum atomic E-state index is 14.0. The van der Waals surface area contributed by atoms with Gasteiger partial charge in [0.15, 0.2) is 0 Å². The second-order valence-corrected chi connectivity index (χ2v) is 5.33. The Bertz CT molecular complexity index is 373. The highest BCUT2D eigenvalue weighted by atomic mass is 19.1. The van der Waals surface area contributed by atoms with Crippen LogP contribution in [0.2, 0.25) is 0 Å². The highest BCUT2D eigenvalue weighted by Crippen LogP contribution is 2.33. The predicted octanol–water partition coefficient (Wildman–Crippen LogP) is 2.47. The van der Waals surface area contributed by atoms with Crippen LogP contribution in [0, 0.1) is 11.7 Å². The van der Waals surface area contributed by atoms with Crippen molar-refractivity contribution in [1.82, 2.24) is 10.2 Å². The van der Waals surface area contributed by atoms with Gasteiger partial charge >= 0.3 is 0 Å². The largest absolute Gasteiger partial charge is 0.319 e. The molecule has 1 unspecified atom stereocenters. The molecule has 18 heavy (non-hydrogen) atoms. The van der Waals surface area contributed by atoms with Gasteiger partial charge in [0.1, 0.15) is 5.82 Å². The average Bonchev–Trinajstić information content (AvgIpc) is 2.38. The summed E-state index contributed by atoms with van der Waals surface area (Å²) in [6.45, 7) is 3.11. The molecule has 1 saturated heterocycles. The fourth-order valence-corrected chi connectivity index (χ4v) is 2.96. The van der Waals surface area contributed by atoms with E-state index < -0.39 is 0 Å². The number of likely N-dealkylation sites (N-methyl/N-ethyl adjacent to an activating group) is 1. The van der Waals surface area contributed by atoms with Gasteiger partial charge in [0.05, 0.1) is 0 Å². The Balaban J connectivity index is 2.15. The highest BCUT2D eigenvalue weighted by Gasteiger charge is 2.27. The van der Waals surface area contributed by atoms with Gasteiger partial charge in [-0.25, -0.2) is 4.39 Å². The van der Waals surface area contributed by atoms with E-state index >= 15 is 0 Å². The molecule has 0 radical (unpaired) electrons. The molecule has 3 heteroatoms. The topological polar surface area (TPSA) is 15.3 Å². The zero-order valence-electron chi connectivity index (χ0n) is 11.3. The predicted molar refractivity (Wildman–Crippen MR) is 73.3 cm³/mol. The molecule has 1 heterocycles. The lowest BCUT2D eigenvalue weighted by Gasteiger charge is -2.34. The van der Waals surface area contributed by atoms with Crippen molar-refractivity contribution in [2.75, 3.05) is 33.7 Å². The molecule has 0 amide bonds. The second kappa shape index (κ2) is 6.30. The Morgan fingerprint density at radius 3 is 2.61 bits per heavy atom. The van der Waals surface area contributed by atoms with Gasteiger partial charge in [0, 0.05) is 12.5 Å². The summed E-state index contributed by atoms with van der Waals surface area (Å²) in [4.78, 5) is 2.36. The van der Waals surface area contributed by atoms with Gasteiger partial charge in [0.2, 0.25) is 0 Å². The lowest BCUT2D eigenvalue weighted by Crippen LogP contribution is -2.35. The van der Waals surface area contributed by atoms with Gasteiger partial charge < -0.3 is 10.2 Å². The van der Waals surface area contributed by atoms with Crippen LogP contribution in [0.25, 0.3) is 0 Å². The van der Waals surface area contributed by atoms with Gasteiger partial charge in [0.25, 0.3) is 0 Å². The van der Waals surface area contributed by atoms with Crippen LogP contribution in [0.4, 0.5) is 4.39 Å². The molecule has 1 aromatic carbocycles. The van der Waals surface area contributed by atoms with Crippen molar-refractivity contribution in [3.8, 4) is 0 Å². The molecule has 1 aromatic rings. The molecule has 2 rings (SSSR count). The quantitative estimate of drug-likeness (QED) is 0.883. The molecule has 0 aromatic heterocycles. The molecular formula is C15H23FN2. The normalized spacial score (nSPS) is 19.9. The van der Waals surface area contributed by atoms with Crippen LogP contribution >= 0.6 is 0 Å². The minimum absolute atomic E-state index is 0.0586. The van der Waals surface area contributed by atoms with E-state index in [2.05, 4.69) is 17.3 Å². The number of hydrogen-bond acceptors (Lipinski definition) is 2. The maximum Gasteiger partial charge on any atom is 0.126 e. The van der Waals surface area contributed by atoms with Crippen molar-refractivity contribution in [3.05, 3.63) is 35.6 Å². The Kier molecular flexibility index (Phi) is 4.72. The zero-order valence-corrected chi connectivity index (χ0v) is 11.3. The summed E-state index contributed by atoms with van der Waals surface area (Å²) in [5, 5.41) is 3.22. The zero-order chi connectivity index (χ0) is 13.0. The first kappa shape index (κ1) is 13.5. The van der Waals surface area contributed by atoms with Gasteiger partial charge in [-0.05, 0) is 57.6 Å². The summed E-state index contributed by atoms with van der Waals surface area (Å²) in [5.74, 6) is 0.826. The fraction of sp³-hybridized carbons (Fsp3) is 0.600. The van der Waals surface area contributed by atoms with Crippen molar-refractivity contribution < 1.29 is 4.39 Å². The van der Waals surface area contributed by atoms with E-state index in [9.17, 15) is 4.39 Å². The number of benzene rings is 1. The average molecular weight is 250 g/mol. The van der Waals surface area contributed by atoms with Crippen molar-refractivity contribution in [3.63, 3.8) is 0 Å². The van der Waals surface area contributed by atoms with Crippen LogP contribution in [0.1, 0.15) is 24.3 Å². The van der Waals surface area contributed by atoms with Crippen LogP contribution in [0.5, 0.6) is 0 Å². The smallest absolute Gasteiger partial charge is 0.126 e. The second-order valence-electron chi connectivity index (χ2n) is 5.33. The highest BCUT2D eigenvalue weighted by molar-refractivity contribution is 5.23.